The zero-order valence-corrected chi connectivity index (χ0v) is 17.7. The van der Waals surface area contributed by atoms with Gasteiger partial charge in [0.25, 0.3) is 5.91 Å². The van der Waals surface area contributed by atoms with Crippen LogP contribution in [0.15, 0.2) is 53.1 Å². The van der Waals surface area contributed by atoms with Crippen LogP contribution in [-0.4, -0.2) is 43.3 Å². The summed E-state index contributed by atoms with van der Waals surface area (Å²) in [6, 6.07) is 14.5. The van der Waals surface area contributed by atoms with E-state index in [1.807, 2.05) is 44.2 Å². The van der Waals surface area contributed by atoms with Crippen molar-refractivity contribution in [3.8, 4) is 17.2 Å². The Hall–Kier alpha value is -3.48. The topological polar surface area (TPSA) is 74.0 Å². The third kappa shape index (κ3) is 5.31. The van der Waals surface area contributed by atoms with E-state index >= 15 is 0 Å². The number of nitrogens with zero attached hydrogens (tertiary/aromatic N) is 2. The second kappa shape index (κ2) is 9.82. The van der Waals surface area contributed by atoms with Crippen LogP contribution in [-0.2, 0) is 6.61 Å². The summed E-state index contributed by atoms with van der Waals surface area (Å²) in [5.41, 5.74) is 2.27. The average Bonchev–Trinajstić information content (AvgIpc) is 3.09. The van der Waals surface area contributed by atoms with Crippen molar-refractivity contribution in [3.05, 3.63) is 71.1 Å². The Morgan fingerprint density at radius 1 is 1.03 bits per heavy atom. The number of hydrogen-bond donors (Lipinski definition) is 0. The van der Waals surface area contributed by atoms with Gasteiger partial charge in [-0.3, -0.25) is 4.79 Å². The molecule has 7 heteroatoms. The van der Waals surface area contributed by atoms with E-state index in [0.29, 0.717) is 31.1 Å². The van der Waals surface area contributed by atoms with Gasteiger partial charge in [-0.2, -0.15) is 0 Å². The first-order valence-electron chi connectivity index (χ1n) is 9.65. The number of carbonyl (C=O) groups excluding carboxylic acids is 1. The second-order valence-electron chi connectivity index (χ2n) is 6.87. The maximum atomic E-state index is 12.7. The largest absolute Gasteiger partial charge is 0.497 e. The highest BCUT2D eigenvalue weighted by molar-refractivity contribution is 5.94. The highest BCUT2D eigenvalue weighted by Gasteiger charge is 2.14. The molecule has 1 amide bonds. The number of methoxy groups -OCH3 is 1. The standard InChI is InChI=1S/C23H26N2O5/c1-16-22(17(2)30-24-16)15-29-21-7-5-6-18(14-21)23(26)25(3)12-13-28-20-10-8-19(27-4)9-11-20/h5-11,14H,12-13,15H2,1-4H3. The lowest BCUT2D eigenvalue weighted by Crippen LogP contribution is -2.30. The Morgan fingerprint density at radius 3 is 2.43 bits per heavy atom. The Balaban J connectivity index is 1.53. The number of aromatic nitrogens is 1. The predicted molar refractivity (Wildman–Crippen MR) is 112 cm³/mol. The van der Waals surface area contributed by atoms with E-state index in [9.17, 15) is 4.79 Å². The number of hydrogen-bond acceptors (Lipinski definition) is 6. The Bertz CT molecular complexity index is 962. The van der Waals surface area contributed by atoms with Crippen molar-refractivity contribution >= 4 is 5.91 Å². The molecular weight excluding hydrogens is 384 g/mol. The fraction of sp³-hybridized carbons (Fsp3) is 0.304. The van der Waals surface area contributed by atoms with Crippen LogP contribution >= 0.6 is 0 Å². The van der Waals surface area contributed by atoms with Crippen LogP contribution in [0.5, 0.6) is 17.2 Å². The summed E-state index contributed by atoms with van der Waals surface area (Å²) in [4.78, 5) is 14.4. The van der Waals surface area contributed by atoms with Gasteiger partial charge in [0.15, 0.2) is 0 Å². The monoisotopic (exact) mass is 410 g/mol. The van der Waals surface area contributed by atoms with Crippen LogP contribution in [0.25, 0.3) is 0 Å². The van der Waals surface area contributed by atoms with Crippen LogP contribution in [0, 0.1) is 13.8 Å². The van der Waals surface area contributed by atoms with E-state index in [1.54, 1.807) is 37.3 Å². The van der Waals surface area contributed by atoms with Gasteiger partial charge >= 0.3 is 0 Å². The molecule has 1 aromatic heterocycles. The first kappa shape index (κ1) is 21.2. The lowest BCUT2D eigenvalue weighted by molar-refractivity contribution is 0.0773. The van der Waals surface area contributed by atoms with E-state index in [-0.39, 0.29) is 5.91 Å². The summed E-state index contributed by atoms with van der Waals surface area (Å²) >= 11 is 0. The lowest BCUT2D eigenvalue weighted by Gasteiger charge is -2.18. The number of benzene rings is 2. The summed E-state index contributed by atoms with van der Waals surface area (Å²) in [6.45, 7) is 4.90. The summed E-state index contributed by atoms with van der Waals surface area (Å²) in [5, 5.41) is 3.92. The fourth-order valence-electron chi connectivity index (χ4n) is 2.88. The summed E-state index contributed by atoms with van der Waals surface area (Å²) < 4.78 is 21.8. The Kier molecular flexibility index (Phi) is 6.95. The molecule has 158 valence electrons. The zero-order chi connectivity index (χ0) is 21.5. The molecule has 1 heterocycles. The van der Waals surface area contributed by atoms with Crippen LogP contribution in [0.3, 0.4) is 0 Å². The van der Waals surface area contributed by atoms with Crippen molar-refractivity contribution in [2.24, 2.45) is 0 Å². The quantitative estimate of drug-likeness (QED) is 0.530. The molecule has 0 aliphatic carbocycles. The molecule has 0 radical (unpaired) electrons. The molecule has 0 fully saturated rings. The van der Waals surface area contributed by atoms with Crippen LogP contribution in [0.4, 0.5) is 0 Å². The SMILES string of the molecule is COc1ccc(OCCN(C)C(=O)c2cccc(OCc3c(C)noc3C)c2)cc1. The molecule has 3 rings (SSSR count). The highest BCUT2D eigenvalue weighted by atomic mass is 16.5. The Morgan fingerprint density at radius 2 is 1.77 bits per heavy atom. The van der Waals surface area contributed by atoms with Gasteiger partial charge in [-0.15, -0.1) is 0 Å². The van der Waals surface area contributed by atoms with Gasteiger partial charge in [-0.05, 0) is 56.3 Å². The summed E-state index contributed by atoms with van der Waals surface area (Å²) in [5.74, 6) is 2.74. The molecule has 0 spiro atoms. The molecular formula is C23H26N2O5. The van der Waals surface area contributed by atoms with Crippen molar-refractivity contribution in [1.29, 1.82) is 0 Å². The molecule has 30 heavy (non-hydrogen) atoms. The smallest absolute Gasteiger partial charge is 0.253 e. The molecule has 0 saturated carbocycles. The molecule has 0 atom stereocenters. The molecule has 0 saturated heterocycles. The number of rotatable bonds is 9. The zero-order valence-electron chi connectivity index (χ0n) is 17.7. The van der Waals surface area contributed by atoms with E-state index in [1.165, 1.54) is 0 Å². The van der Waals surface area contributed by atoms with Crippen LogP contribution < -0.4 is 14.2 Å². The van der Waals surface area contributed by atoms with Gasteiger partial charge in [0.1, 0.15) is 36.2 Å². The maximum absolute atomic E-state index is 12.7. The number of ether oxygens (including phenoxy) is 3. The van der Waals surface area contributed by atoms with Gasteiger partial charge in [0.05, 0.1) is 24.9 Å². The Labute approximate surface area is 176 Å². The number of likely N-dealkylation sites (N-methyl/N-ethyl adjacent to an activating group) is 1. The van der Waals surface area contributed by atoms with Crippen LogP contribution in [0.1, 0.15) is 27.4 Å². The molecule has 3 aromatic rings. The van der Waals surface area contributed by atoms with Gasteiger partial charge in [0.2, 0.25) is 0 Å². The third-order valence-corrected chi connectivity index (χ3v) is 4.75. The summed E-state index contributed by atoms with van der Waals surface area (Å²) in [6.07, 6.45) is 0. The molecule has 0 aliphatic heterocycles. The van der Waals surface area contributed by atoms with Gasteiger partial charge in [-0.25, -0.2) is 0 Å². The lowest BCUT2D eigenvalue weighted by atomic mass is 10.2. The van der Waals surface area contributed by atoms with E-state index in [0.717, 1.165) is 28.5 Å². The van der Waals surface area contributed by atoms with Gasteiger partial charge in [-0.1, -0.05) is 11.2 Å². The van der Waals surface area contributed by atoms with Gasteiger partial charge in [0, 0.05) is 12.6 Å². The third-order valence-electron chi connectivity index (χ3n) is 4.75. The van der Waals surface area contributed by atoms with Crippen LogP contribution in [0.2, 0.25) is 0 Å². The minimum Gasteiger partial charge on any atom is -0.497 e. The van der Waals surface area contributed by atoms with Crippen molar-refractivity contribution in [2.45, 2.75) is 20.5 Å². The number of amides is 1. The first-order valence-corrected chi connectivity index (χ1v) is 9.65. The highest BCUT2D eigenvalue weighted by Crippen LogP contribution is 2.20. The predicted octanol–water partition coefficient (Wildman–Crippen LogP) is 4.03. The van der Waals surface area contributed by atoms with Crippen molar-refractivity contribution in [2.75, 3.05) is 27.3 Å². The second-order valence-corrected chi connectivity index (χ2v) is 6.87. The van der Waals surface area contributed by atoms with Crippen molar-refractivity contribution in [1.82, 2.24) is 10.1 Å². The molecule has 0 N–H and O–H groups in total. The molecule has 0 unspecified atom stereocenters. The van der Waals surface area contributed by atoms with E-state index in [4.69, 9.17) is 18.7 Å². The van der Waals surface area contributed by atoms with Gasteiger partial charge < -0.3 is 23.6 Å². The minimum atomic E-state index is -0.101. The van der Waals surface area contributed by atoms with Crippen molar-refractivity contribution < 1.29 is 23.5 Å². The van der Waals surface area contributed by atoms with E-state index < -0.39 is 0 Å². The molecule has 7 nitrogen and oxygen atoms in total. The number of aryl methyl sites for hydroxylation is 2. The molecule has 0 bridgehead atoms. The maximum Gasteiger partial charge on any atom is 0.253 e. The normalized spacial score (nSPS) is 10.5. The summed E-state index contributed by atoms with van der Waals surface area (Å²) in [7, 11) is 3.37. The molecule has 2 aromatic carbocycles. The fourth-order valence-corrected chi connectivity index (χ4v) is 2.88. The molecule has 0 aliphatic rings. The minimum absolute atomic E-state index is 0.101. The van der Waals surface area contributed by atoms with E-state index in [2.05, 4.69) is 5.16 Å². The number of carbonyl (C=O) groups is 1. The van der Waals surface area contributed by atoms with Crippen molar-refractivity contribution in [3.63, 3.8) is 0 Å². The average molecular weight is 410 g/mol. The first-order chi connectivity index (χ1) is 14.5.